The number of rotatable bonds is 6. The number of methoxy groups -OCH3 is 2. The molecule has 2 aromatic carbocycles. The summed E-state index contributed by atoms with van der Waals surface area (Å²) < 4.78 is 9.85. The van der Waals surface area contributed by atoms with Crippen LogP contribution in [0.25, 0.3) is 0 Å². The number of hydrogen-bond acceptors (Lipinski definition) is 8. The van der Waals surface area contributed by atoms with Crippen molar-refractivity contribution in [3.63, 3.8) is 0 Å². The third-order valence-electron chi connectivity index (χ3n) is 7.33. The molecule has 2 aromatic rings. The standard InChI is InChI=1S/C24H24N2O6/c1-29-19(27)11-13-23-15-7-3-5-9-17(15)25-21(23)22-24(32-25,14-12-20(28)30-2)16-8-4-6-10-18(16)26(22)31-23/h3-10,21-22H,11-14H2,1-2H3/t21-,22-,23-,24-/m1/s1. The molecule has 0 bridgehead atoms. The monoisotopic (exact) mass is 436 g/mol. The number of para-hydroxylation sites is 2. The maximum absolute atomic E-state index is 12.1. The van der Waals surface area contributed by atoms with Crippen molar-refractivity contribution in [3.05, 3.63) is 59.7 Å². The minimum Gasteiger partial charge on any atom is -0.469 e. The van der Waals surface area contributed by atoms with Crippen molar-refractivity contribution >= 4 is 23.3 Å². The third kappa shape index (κ3) is 2.28. The molecular formula is C24H24N2O6. The van der Waals surface area contributed by atoms with Crippen molar-refractivity contribution < 1.29 is 28.7 Å². The van der Waals surface area contributed by atoms with Crippen molar-refractivity contribution in [2.45, 2.75) is 49.0 Å². The highest BCUT2D eigenvalue weighted by molar-refractivity contribution is 5.75. The number of hydroxylamine groups is 2. The van der Waals surface area contributed by atoms with Gasteiger partial charge in [0.25, 0.3) is 0 Å². The van der Waals surface area contributed by atoms with Crippen LogP contribution in [0.15, 0.2) is 48.5 Å². The Morgan fingerprint density at radius 1 is 0.781 bits per heavy atom. The molecule has 0 unspecified atom stereocenters. The molecule has 0 radical (unpaired) electrons. The van der Waals surface area contributed by atoms with E-state index in [1.165, 1.54) is 14.2 Å². The zero-order valence-corrected chi connectivity index (χ0v) is 17.9. The van der Waals surface area contributed by atoms with Gasteiger partial charge in [-0.2, -0.15) is 0 Å². The van der Waals surface area contributed by atoms with E-state index < -0.39 is 11.2 Å². The van der Waals surface area contributed by atoms with Gasteiger partial charge in [-0.3, -0.25) is 19.3 Å². The molecule has 4 atom stereocenters. The molecule has 8 nitrogen and oxygen atoms in total. The molecule has 0 saturated carbocycles. The van der Waals surface area contributed by atoms with Crippen LogP contribution in [0.4, 0.5) is 11.4 Å². The number of nitrogens with zero attached hydrogens (tertiary/aromatic N) is 2. The van der Waals surface area contributed by atoms with Crippen LogP contribution in [0.3, 0.4) is 0 Å². The average Bonchev–Trinajstić information content (AvgIpc) is 3.51. The smallest absolute Gasteiger partial charge is 0.305 e. The predicted octanol–water partition coefficient (Wildman–Crippen LogP) is 2.95. The topological polar surface area (TPSA) is 77.5 Å². The number of benzene rings is 2. The molecule has 0 N–H and O–H groups in total. The lowest BCUT2D eigenvalue weighted by atomic mass is 9.76. The third-order valence-corrected chi connectivity index (χ3v) is 7.33. The Kier molecular flexibility index (Phi) is 4.10. The van der Waals surface area contributed by atoms with Crippen LogP contribution in [0.1, 0.15) is 36.8 Å². The van der Waals surface area contributed by atoms with Gasteiger partial charge in [-0.05, 0) is 25.0 Å². The molecule has 4 heterocycles. The number of ether oxygens (including phenoxy) is 2. The lowest BCUT2D eigenvalue weighted by Crippen LogP contribution is -2.45. The zero-order chi connectivity index (χ0) is 22.1. The first-order valence-corrected chi connectivity index (χ1v) is 10.8. The fourth-order valence-electron chi connectivity index (χ4n) is 6.02. The Morgan fingerprint density at radius 3 is 1.59 bits per heavy atom. The highest BCUT2D eigenvalue weighted by atomic mass is 16.8. The first-order valence-electron chi connectivity index (χ1n) is 10.8. The van der Waals surface area contributed by atoms with E-state index in [-0.39, 0.29) is 36.9 Å². The fourth-order valence-corrected chi connectivity index (χ4v) is 6.02. The van der Waals surface area contributed by atoms with Crippen molar-refractivity contribution in [1.29, 1.82) is 0 Å². The van der Waals surface area contributed by atoms with Crippen LogP contribution in [0, 0.1) is 0 Å². The zero-order valence-electron chi connectivity index (χ0n) is 17.9. The van der Waals surface area contributed by atoms with E-state index >= 15 is 0 Å². The van der Waals surface area contributed by atoms with E-state index in [4.69, 9.17) is 19.1 Å². The summed E-state index contributed by atoms with van der Waals surface area (Å²) in [6.07, 6.45) is 1.38. The maximum atomic E-state index is 12.1. The van der Waals surface area contributed by atoms with E-state index in [1.54, 1.807) is 0 Å². The summed E-state index contributed by atoms with van der Waals surface area (Å²) in [6, 6.07) is 15.7. The Morgan fingerprint density at radius 2 is 1.19 bits per heavy atom. The maximum Gasteiger partial charge on any atom is 0.305 e. The number of carbonyl (C=O) groups excluding carboxylic acids is 2. The minimum absolute atomic E-state index is 0.172. The predicted molar refractivity (Wildman–Crippen MR) is 113 cm³/mol. The quantitative estimate of drug-likeness (QED) is 0.640. The van der Waals surface area contributed by atoms with Gasteiger partial charge in [0.1, 0.15) is 23.3 Å². The largest absolute Gasteiger partial charge is 0.469 e. The SMILES string of the molecule is COC(=O)CC[C@@]12ON3c4ccccc4[C@@]4(CCC(=O)OC)ON(c5ccccc51)[C@@H]2[C@@H]34. The number of carbonyl (C=O) groups is 2. The second-order valence-corrected chi connectivity index (χ2v) is 8.69. The van der Waals surface area contributed by atoms with Gasteiger partial charge in [0.15, 0.2) is 0 Å². The molecule has 4 aliphatic rings. The molecule has 6 rings (SSSR count). The van der Waals surface area contributed by atoms with Crippen molar-refractivity contribution in [3.8, 4) is 0 Å². The van der Waals surface area contributed by atoms with Crippen LogP contribution in [-0.2, 0) is 39.9 Å². The fraction of sp³-hybridized carbons (Fsp3) is 0.417. The number of anilines is 2. The molecule has 0 spiro atoms. The molecular weight excluding hydrogens is 412 g/mol. The van der Waals surface area contributed by atoms with Gasteiger partial charge in [0.05, 0.1) is 25.6 Å². The second-order valence-electron chi connectivity index (χ2n) is 8.69. The van der Waals surface area contributed by atoms with Crippen molar-refractivity contribution in [2.75, 3.05) is 24.3 Å². The van der Waals surface area contributed by atoms with E-state index in [0.29, 0.717) is 12.8 Å². The molecule has 166 valence electrons. The lowest BCUT2D eigenvalue weighted by molar-refractivity contribution is -0.143. The van der Waals surface area contributed by atoms with Gasteiger partial charge in [-0.25, -0.2) is 10.1 Å². The summed E-state index contributed by atoms with van der Waals surface area (Å²) >= 11 is 0. The van der Waals surface area contributed by atoms with Gasteiger partial charge < -0.3 is 9.47 Å². The Balaban J connectivity index is 1.50. The first-order chi connectivity index (χ1) is 15.6. The summed E-state index contributed by atoms with van der Waals surface area (Å²) in [5.74, 6) is -0.551. The summed E-state index contributed by atoms with van der Waals surface area (Å²) in [7, 11) is 2.80. The summed E-state index contributed by atoms with van der Waals surface area (Å²) in [5, 5.41) is 3.90. The molecule has 32 heavy (non-hydrogen) atoms. The van der Waals surface area contributed by atoms with Gasteiger partial charge in [-0.15, -0.1) is 0 Å². The summed E-state index contributed by atoms with van der Waals surface area (Å²) in [6.45, 7) is 0. The number of fused-ring (bicyclic) bond motifs is 6. The van der Waals surface area contributed by atoms with Crippen LogP contribution >= 0.6 is 0 Å². The van der Waals surface area contributed by atoms with E-state index in [9.17, 15) is 9.59 Å². The Labute approximate surface area is 185 Å². The first kappa shape index (κ1) is 19.6. The molecule has 2 saturated heterocycles. The minimum atomic E-state index is -0.754. The van der Waals surface area contributed by atoms with E-state index in [1.807, 2.05) is 58.7 Å². The second kappa shape index (κ2) is 6.70. The average molecular weight is 436 g/mol. The highest BCUT2D eigenvalue weighted by Gasteiger charge is 2.76. The number of hydrogen-bond donors (Lipinski definition) is 0. The van der Waals surface area contributed by atoms with Crippen LogP contribution in [-0.4, -0.2) is 38.2 Å². The lowest BCUT2D eigenvalue weighted by Gasteiger charge is -2.28. The summed E-state index contributed by atoms with van der Waals surface area (Å²) in [4.78, 5) is 37.8. The number of esters is 2. The molecule has 0 aromatic heterocycles. The normalized spacial score (nSPS) is 30.2. The van der Waals surface area contributed by atoms with Crippen LogP contribution in [0.2, 0.25) is 0 Å². The molecule has 4 aliphatic heterocycles. The molecule has 2 fully saturated rings. The van der Waals surface area contributed by atoms with Crippen molar-refractivity contribution in [2.24, 2.45) is 0 Å². The van der Waals surface area contributed by atoms with Gasteiger partial charge in [0.2, 0.25) is 0 Å². The molecule has 0 amide bonds. The van der Waals surface area contributed by atoms with E-state index in [0.717, 1.165) is 22.5 Å². The van der Waals surface area contributed by atoms with Crippen LogP contribution < -0.4 is 10.1 Å². The van der Waals surface area contributed by atoms with Crippen LogP contribution in [0.5, 0.6) is 0 Å². The van der Waals surface area contributed by atoms with Crippen molar-refractivity contribution in [1.82, 2.24) is 0 Å². The molecule has 8 heteroatoms. The molecule has 0 aliphatic carbocycles. The Hall–Kier alpha value is -3.10. The van der Waals surface area contributed by atoms with Gasteiger partial charge in [-0.1, -0.05) is 36.4 Å². The van der Waals surface area contributed by atoms with Gasteiger partial charge in [0, 0.05) is 24.0 Å². The van der Waals surface area contributed by atoms with E-state index in [2.05, 4.69) is 0 Å². The Bertz CT molecular complexity index is 1030. The van der Waals surface area contributed by atoms with Gasteiger partial charge >= 0.3 is 11.9 Å². The summed E-state index contributed by atoms with van der Waals surface area (Å²) in [5.41, 5.74) is 2.37. The highest BCUT2D eigenvalue weighted by Crippen LogP contribution is 2.68.